The smallest absolute Gasteiger partial charge is 0.355 e. The number of benzene rings is 1. The van der Waals surface area contributed by atoms with Crippen molar-refractivity contribution in [3.63, 3.8) is 0 Å². The number of esters is 1. The summed E-state index contributed by atoms with van der Waals surface area (Å²) < 4.78 is 4.97. The van der Waals surface area contributed by atoms with Crippen LogP contribution in [0.5, 0.6) is 0 Å². The molecule has 1 aromatic heterocycles. The van der Waals surface area contributed by atoms with Crippen molar-refractivity contribution < 1.29 is 19.1 Å². The van der Waals surface area contributed by atoms with Gasteiger partial charge in [0.15, 0.2) is 6.61 Å². The molecule has 0 aliphatic heterocycles. The van der Waals surface area contributed by atoms with Crippen LogP contribution in [0.15, 0.2) is 30.3 Å². The summed E-state index contributed by atoms with van der Waals surface area (Å²) >= 11 is 0. The molecule has 0 radical (unpaired) electrons. The maximum atomic E-state index is 12.0. The number of amides is 3. The summed E-state index contributed by atoms with van der Waals surface area (Å²) in [5, 5.41) is 5.90. The van der Waals surface area contributed by atoms with Gasteiger partial charge in [0.1, 0.15) is 5.69 Å². The van der Waals surface area contributed by atoms with E-state index in [9.17, 15) is 14.4 Å². The quantitative estimate of drug-likeness (QED) is 0.733. The zero-order chi connectivity index (χ0) is 18.5. The van der Waals surface area contributed by atoms with Gasteiger partial charge >= 0.3 is 12.0 Å². The molecule has 2 aromatic rings. The topological polar surface area (TPSA) is 100 Å². The highest BCUT2D eigenvalue weighted by molar-refractivity contribution is 5.98. The Morgan fingerprint density at radius 1 is 1.19 bits per heavy atom. The summed E-state index contributed by atoms with van der Waals surface area (Å²) in [4.78, 5) is 38.7. The Morgan fingerprint density at radius 2 is 1.96 bits per heavy atom. The lowest BCUT2D eigenvalue weighted by atomic mass is 9.86. The van der Waals surface area contributed by atoms with Crippen molar-refractivity contribution in [2.75, 3.05) is 6.61 Å². The highest BCUT2D eigenvalue weighted by Gasteiger charge is 2.23. The normalized spacial score (nSPS) is 19.7. The first-order chi connectivity index (χ1) is 12.5. The van der Waals surface area contributed by atoms with E-state index >= 15 is 0 Å². The fraction of sp³-hybridized carbons (Fsp3) is 0.421. The molecule has 1 aromatic carbocycles. The number of para-hydroxylation sites is 1. The van der Waals surface area contributed by atoms with Gasteiger partial charge in [0, 0.05) is 16.9 Å². The van der Waals surface area contributed by atoms with Gasteiger partial charge in [-0.2, -0.15) is 0 Å². The summed E-state index contributed by atoms with van der Waals surface area (Å²) in [6.07, 6.45) is 4.23. The highest BCUT2D eigenvalue weighted by Crippen LogP contribution is 2.23. The SMILES string of the molecule is C[C@H]1CCCC[C@@H]1NC(=O)NC(=O)COC(=O)c1cc2ccccc2[nH]1. The first-order valence-corrected chi connectivity index (χ1v) is 8.88. The predicted octanol–water partition coefficient (Wildman–Crippen LogP) is 2.73. The predicted molar refractivity (Wildman–Crippen MR) is 96.7 cm³/mol. The van der Waals surface area contributed by atoms with E-state index in [1.54, 1.807) is 6.07 Å². The van der Waals surface area contributed by atoms with Crippen LogP contribution in [0.3, 0.4) is 0 Å². The summed E-state index contributed by atoms with van der Waals surface area (Å²) in [7, 11) is 0. The average molecular weight is 357 g/mol. The first kappa shape index (κ1) is 18.0. The number of aromatic amines is 1. The van der Waals surface area contributed by atoms with Gasteiger partial charge in [-0.15, -0.1) is 0 Å². The number of aromatic nitrogens is 1. The second-order valence-electron chi connectivity index (χ2n) is 6.74. The molecule has 1 heterocycles. The Labute approximate surface area is 151 Å². The van der Waals surface area contributed by atoms with Crippen molar-refractivity contribution >= 4 is 28.8 Å². The summed E-state index contributed by atoms with van der Waals surface area (Å²) in [5.41, 5.74) is 1.07. The Bertz CT molecular complexity index is 781. The lowest BCUT2D eigenvalue weighted by Gasteiger charge is -2.29. The van der Waals surface area contributed by atoms with Crippen LogP contribution in [0.2, 0.25) is 0 Å². The largest absolute Gasteiger partial charge is 0.451 e. The Balaban J connectivity index is 1.45. The van der Waals surface area contributed by atoms with Gasteiger partial charge in [-0.25, -0.2) is 9.59 Å². The number of urea groups is 1. The van der Waals surface area contributed by atoms with E-state index in [2.05, 4.69) is 22.5 Å². The molecule has 1 fully saturated rings. The minimum Gasteiger partial charge on any atom is -0.451 e. The standard InChI is InChI=1S/C19H23N3O4/c1-12-6-2-4-8-14(12)21-19(25)22-17(23)11-26-18(24)16-10-13-7-3-5-9-15(13)20-16/h3,5,7,9-10,12,14,20H,2,4,6,8,11H2,1H3,(H2,21,22,23,25)/t12-,14-/m0/s1. The molecule has 7 heteroatoms. The molecule has 3 rings (SSSR count). The highest BCUT2D eigenvalue weighted by atomic mass is 16.5. The molecule has 1 aliphatic rings. The lowest BCUT2D eigenvalue weighted by molar-refractivity contribution is -0.123. The molecular weight excluding hydrogens is 334 g/mol. The fourth-order valence-corrected chi connectivity index (χ4v) is 3.29. The molecule has 1 saturated carbocycles. The minimum absolute atomic E-state index is 0.0745. The monoisotopic (exact) mass is 357 g/mol. The Kier molecular flexibility index (Phi) is 5.55. The Hall–Kier alpha value is -2.83. The molecule has 0 bridgehead atoms. The molecule has 0 saturated heterocycles. The molecule has 3 amide bonds. The third-order valence-corrected chi connectivity index (χ3v) is 4.77. The number of hydrogen-bond acceptors (Lipinski definition) is 4. The van der Waals surface area contributed by atoms with Gasteiger partial charge in [0.2, 0.25) is 0 Å². The molecule has 3 N–H and O–H groups in total. The van der Waals surface area contributed by atoms with E-state index in [0.29, 0.717) is 5.92 Å². The Morgan fingerprint density at radius 3 is 2.73 bits per heavy atom. The van der Waals surface area contributed by atoms with Gasteiger partial charge in [0.25, 0.3) is 5.91 Å². The van der Waals surface area contributed by atoms with Crippen molar-refractivity contribution in [3.8, 4) is 0 Å². The van der Waals surface area contributed by atoms with Crippen LogP contribution < -0.4 is 10.6 Å². The summed E-state index contributed by atoms with van der Waals surface area (Å²) in [5.74, 6) is -0.905. The number of nitrogens with one attached hydrogen (secondary N) is 3. The second kappa shape index (κ2) is 8.03. The van der Waals surface area contributed by atoms with Crippen LogP contribution in [0.25, 0.3) is 10.9 Å². The number of rotatable bonds is 4. The van der Waals surface area contributed by atoms with E-state index < -0.39 is 24.5 Å². The van der Waals surface area contributed by atoms with E-state index in [1.807, 2.05) is 24.3 Å². The zero-order valence-corrected chi connectivity index (χ0v) is 14.7. The van der Waals surface area contributed by atoms with Gasteiger partial charge in [-0.1, -0.05) is 38.0 Å². The molecule has 138 valence electrons. The molecule has 0 unspecified atom stereocenters. The minimum atomic E-state index is -0.657. The van der Waals surface area contributed by atoms with E-state index in [1.165, 1.54) is 6.42 Å². The van der Waals surface area contributed by atoms with Gasteiger partial charge in [0.05, 0.1) is 0 Å². The number of H-pyrrole nitrogens is 1. The van der Waals surface area contributed by atoms with Gasteiger partial charge in [-0.05, 0) is 30.9 Å². The number of carbonyl (C=O) groups excluding carboxylic acids is 3. The number of hydrogen-bond donors (Lipinski definition) is 3. The maximum absolute atomic E-state index is 12.0. The van der Waals surface area contributed by atoms with E-state index in [-0.39, 0.29) is 11.7 Å². The molecule has 7 nitrogen and oxygen atoms in total. The summed E-state index contributed by atoms with van der Waals surface area (Å²) in [6, 6.07) is 8.62. The zero-order valence-electron chi connectivity index (χ0n) is 14.7. The summed E-state index contributed by atoms with van der Waals surface area (Å²) in [6.45, 7) is 1.58. The number of carbonyl (C=O) groups is 3. The molecule has 1 aliphatic carbocycles. The van der Waals surface area contributed by atoms with Crippen molar-refractivity contribution in [3.05, 3.63) is 36.0 Å². The molecule has 26 heavy (non-hydrogen) atoms. The van der Waals surface area contributed by atoms with Crippen LogP contribution in [0.1, 0.15) is 43.1 Å². The van der Waals surface area contributed by atoms with Crippen LogP contribution in [-0.4, -0.2) is 35.5 Å². The van der Waals surface area contributed by atoms with Crippen molar-refractivity contribution in [2.45, 2.75) is 38.6 Å². The number of ether oxygens (including phenoxy) is 1. The van der Waals surface area contributed by atoms with Crippen LogP contribution in [-0.2, 0) is 9.53 Å². The number of imide groups is 1. The number of fused-ring (bicyclic) bond motifs is 1. The fourth-order valence-electron chi connectivity index (χ4n) is 3.29. The molecule has 2 atom stereocenters. The lowest BCUT2D eigenvalue weighted by Crippen LogP contribution is -2.48. The first-order valence-electron chi connectivity index (χ1n) is 8.88. The van der Waals surface area contributed by atoms with E-state index in [0.717, 1.165) is 30.2 Å². The van der Waals surface area contributed by atoms with Crippen molar-refractivity contribution in [2.24, 2.45) is 5.92 Å². The molecule has 0 spiro atoms. The third kappa shape index (κ3) is 4.41. The van der Waals surface area contributed by atoms with E-state index in [4.69, 9.17) is 4.74 Å². The van der Waals surface area contributed by atoms with Gasteiger partial charge in [-0.3, -0.25) is 10.1 Å². The maximum Gasteiger partial charge on any atom is 0.355 e. The second-order valence-corrected chi connectivity index (χ2v) is 6.74. The van der Waals surface area contributed by atoms with Crippen molar-refractivity contribution in [1.82, 2.24) is 15.6 Å². The average Bonchev–Trinajstić information content (AvgIpc) is 3.06. The van der Waals surface area contributed by atoms with Gasteiger partial charge < -0.3 is 15.0 Å². The third-order valence-electron chi connectivity index (χ3n) is 4.77. The molecular formula is C19H23N3O4. The van der Waals surface area contributed by atoms with Crippen LogP contribution in [0.4, 0.5) is 4.79 Å². The van der Waals surface area contributed by atoms with Crippen LogP contribution >= 0.6 is 0 Å². The van der Waals surface area contributed by atoms with Crippen molar-refractivity contribution in [1.29, 1.82) is 0 Å². The van der Waals surface area contributed by atoms with Crippen LogP contribution in [0, 0.1) is 5.92 Å².